The maximum absolute atomic E-state index is 15.0. The van der Waals surface area contributed by atoms with E-state index in [9.17, 15) is 48.6 Å². The lowest BCUT2D eigenvalue weighted by Gasteiger charge is -2.42. The fourth-order valence-corrected chi connectivity index (χ4v) is 8.56. The van der Waals surface area contributed by atoms with Crippen molar-refractivity contribution in [3.8, 4) is 0 Å². The molecular weight excluding hydrogens is 919 g/mol. The number of aliphatic hydroxyl groups excluding tert-OH is 1. The largest absolute Gasteiger partial charge is 0.481 e. The molecule has 1 saturated heterocycles. The van der Waals surface area contributed by atoms with E-state index in [1.807, 2.05) is 6.92 Å². The molecule has 1 heterocycles. The van der Waals surface area contributed by atoms with Crippen LogP contribution in [-0.2, 0) is 56.1 Å². The van der Waals surface area contributed by atoms with Gasteiger partial charge in [0.25, 0.3) is 0 Å². The SMILES string of the molecule is CCCCCC(=O)NC(CC(=O)O)C(=O)NC1C(=O)NC(CCCCC(=N)N)C(=O)NC2CCC(O)C(C2=O)N(Cc2ccccc2)C(=O)N(C)C(Cc2ccccc2)C(=O)NC(C(C)C)C(=O)OC1C. The molecule has 0 spiro atoms. The van der Waals surface area contributed by atoms with Gasteiger partial charge in [0, 0.05) is 32.9 Å². The number of nitrogens with zero attached hydrogens (tertiary/aromatic N) is 2. The molecule has 2 aliphatic rings. The Balaban J connectivity index is 1.86. The first-order chi connectivity index (χ1) is 33.7. The maximum Gasteiger partial charge on any atom is 0.329 e. The van der Waals surface area contributed by atoms with Gasteiger partial charge in [-0.15, -0.1) is 0 Å². The zero-order chi connectivity index (χ0) is 52.4. The Hall–Kier alpha value is -6.90. The number of nitrogens with one attached hydrogen (secondary N) is 6. The van der Waals surface area contributed by atoms with E-state index in [-0.39, 0.29) is 57.3 Å². The second kappa shape index (κ2) is 27.5. The Bertz CT molecular complexity index is 2200. The summed E-state index contributed by atoms with van der Waals surface area (Å²) in [6, 6.07) is 6.01. The molecule has 71 heavy (non-hydrogen) atoms. The summed E-state index contributed by atoms with van der Waals surface area (Å²) in [5.74, 6) is -8.51. The standard InChI is InChI=1S/C50H71N9O12/c1-6-7-10-23-39(61)53-35(27-40(62)63)46(66)57-42-30(4)71-49(69)41(29(2)3)56-47(67)36(26-31-17-11-8-12-18-31)58(5)50(70)59(28-32-19-13-9-14-20-32)43-37(60)25-24-33(44(43)64)54-45(65)34(55-48(42)68)21-15-16-22-38(51)52/h8-9,11-14,17-20,29-30,33-37,41-43,60H,6-7,10,15-16,21-28H2,1-5H3,(H3,51,52)(H,53,61)(H,54,65)(H,55,68)(H,56,67)(H,57,66)(H,62,63). The molecule has 2 fully saturated rings. The van der Waals surface area contributed by atoms with Crippen LogP contribution in [0.4, 0.5) is 4.79 Å². The lowest BCUT2D eigenvalue weighted by molar-refractivity contribution is -0.157. The number of nitrogens with two attached hydrogens (primary N) is 1. The van der Waals surface area contributed by atoms with Crippen LogP contribution in [0.2, 0.25) is 0 Å². The van der Waals surface area contributed by atoms with Crippen LogP contribution in [0.3, 0.4) is 0 Å². The number of likely N-dealkylation sites (N-methyl/N-ethyl adjacent to an activating group) is 1. The third kappa shape index (κ3) is 16.9. The van der Waals surface area contributed by atoms with Gasteiger partial charge < -0.3 is 57.1 Å². The molecule has 7 amide bonds. The summed E-state index contributed by atoms with van der Waals surface area (Å²) >= 11 is 0. The van der Waals surface area contributed by atoms with E-state index in [1.54, 1.807) is 74.5 Å². The van der Waals surface area contributed by atoms with Gasteiger partial charge in [0.05, 0.1) is 24.4 Å². The third-order valence-corrected chi connectivity index (χ3v) is 12.6. The van der Waals surface area contributed by atoms with Crippen LogP contribution < -0.4 is 32.3 Å². The first-order valence-electron chi connectivity index (χ1n) is 24.3. The number of Topliss-reactive ketones (excluding diaryl/α,β-unsaturated/α-hetero) is 1. The van der Waals surface area contributed by atoms with Crippen LogP contribution in [0.1, 0.15) is 109 Å². The van der Waals surface area contributed by atoms with Crippen molar-refractivity contribution in [2.75, 3.05) is 7.05 Å². The van der Waals surface area contributed by atoms with Gasteiger partial charge in [-0.2, -0.15) is 0 Å². The summed E-state index contributed by atoms with van der Waals surface area (Å²) < 4.78 is 5.85. The van der Waals surface area contributed by atoms with Crippen LogP contribution in [0.15, 0.2) is 60.7 Å². The van der Waals surface area contributed by atoms with Crippen molar-refractivity contribution in [3.05, 3.63) is 71.8 Å². The molecule has 2 aromatic carbocycles. The number of carbonyl (C=O) groups excluding carboxylic acids is 8. The minimum Gasteiger partial charge on any atom is -0.481 e. The Labute approximate surface area is 414 Å². The number of ether oxygens (including phenoxy) is 1. The molecule has 1 aliphatic heterocycles. The van der Waals surface area contributed by atoms with Crippen LogP contribution in [0.5, 0.6) is 0 Å². The Morgan fingerprint density at radius 1 is 0.859 bits per heavy atom. The molecule has 10 N–H and O–H groups in total. The highest BCUT2D eigenvalue weighted by molar-refractivity contribution is 6.00. The Morgan fingerprint density at radius 2 is 1.49 bits per heavy atom. The minimum atomic E-state index is -1.85. The fourth-order valence-electron chi connectivity index (χ4n) is 8.56. The predicted octanol–water partition coefficient (Wildman–Crippen LogP) is 1.82. The number of cyclic esters (lactones) is 1. The topological polar surface area (TPSA) is 320 Å². The van der Waals surface area contributed by atoms with E-state index < -0.39 is 120 Å². The van der Waals surface area contributed by atoms with Crippen molar-refractivity contribution in [3.63, 3.8) is 0 Å². The first kappa shape index (κ1) is 56.7. The number of carboxylic acids is 1. The summed E-state index contributed by atoms with van der Waals surface area (Å²) in [5.41, 5.74) is 6.79. The monoisotopic (exact) mass is 990 g/mol. The number of rotatable bonds is 19. The highest BCUT2D eigenvalue weighted by Gasteiger charge is 2.46. The van der Waals surface area contributed by atoms with Gasteiger partial charge in [-0.3, -0.25) is 39.0 Å². The number of esters is 1. The molecule has 0 aromatic heterocycles. The van der Waals surface area contributed by atoms with Gasteiger partial charge in [0.15, 0.2) is 5.78 Å². The van der Waals surface area contributed by atoms with Gasteiger partial charge in [-0.05, 0) is 56.1 Å². The van der Waals surface area contributed by atoms with E-state index in [0.717, 1.165) is 16.2 Å². The van der Waals surface area contributed by atoms with Crippen LogP contribution in [0, 0.1) is 11.3 Å². The number of hydrogen-bond acceptors (Lipinski definition) is 12. The first-order valence-corrected chi connectivity index (χ1v) is 24.3. The van der Waals surface area contributed by atoms with Crippen LogP contribution in [0.25, 0.3) is 0 Å². The number of amides is 7. The van der Waals surface area contributed by atoms with Crippen molar-refractivity contribution in [2.45, 2.75) is 166 Å². The van der Waals surface area contributed by atoms with Crippen molar-refractivity contribution in [1.29, 1.82) is 5.41 Å². The van der Waals surface area contributed by atoms with Crippen molar-refractivity contribution >= 4 is 59.1 Å². The van der Waals surface area contributed by atoms with Gasteiger partial charge in [0.2, 0.25) is 29.5 Å². The number of fused-ring (bicyclic) bond motifs is 2. The quantitative estimate of drug-likeness (QED) is 0.0421. The average Bonchev–Trinajstić information content (AvgIpc) is 3.32. The highest BCUT2D eigenvalue weighted by Crippen LogP contribution is 2.26. The summed E-state index contributed by atoms with van der Waals surface area (Å²) in [5, 5.41) is 41.9. The molecule has 0 radical (unpaired) electrons. The lowest BCUT2D eigenvalue weighted by atomic mass is 9.85. The number of benzene rings is 2. The second-order valence-corrected chi connectivity index (χ2v) is 18.6. The van der Waals surface area contributed by atoms with Gasteiger partial charge >= 0.3 is 18.0 Å². The fraction of sp³-hybridized carbons (Fsp3) is 0.560. The van der Waals surface area contributed by atoms with E-state index in [4.69, 9.17) is 15.9 Å². The molecule has 21 nitrogen and oxygen atoms in total. The highest BCUT2D eigenvalue weighted by atomic mass is 16.5. The summed E-state index contributed by atoms with van der Waals surface area (Å²) in [7, 11) is 1.37. The molecule has 9 unspecified atom stereocenters. The summed E-state index contributed by atoms with van der Waals surface area (Å²) in [6.45, 7) is 6.22. The number of aliphatic carboxylic acids is 1. The van der Waals surface area contributed by atoms with Gasteiger partial charge in [-0.25, -0.2) is 9.59 Å². The van der Waals surface area contributed by atoms with Gasteiger partial charge in [0.1, 0.15) is 42.4 Å². The molecule has 21 heteroatoms. The summed E-state index contributed by atoms with van der Waals surface area (Å²) in [6.07, 6.45) is -1.53. The Kier molecular flexibility index (Phi) is 21.9. The molecule has 1 aliphatic carbocycles. The predicted molar refractivity (Wildman–Crippen MR) is 260 cm³/mol. The molecule has 2 bridgehead atoms. The smallest absolute Gasteiger partial charge is 0.329 e. The minimum absolute atomic E-state index is 0.0116. The molecule has 9 atom stereocenters. The number of aliphatic hydroxyl groups is 1. The number of unbranched alkanes of at least 4 members (excludes halogenated alkanes) is 3. The number of urea groups is 1. The normalized spacial score (nSPS) is 24.3. The van der Waals surface area contributed by atoms with E-state index in [2.05, 4.69) is 26.6 Å². The number of hydrogen-bond donors (Lipinski definition) is 9. The number of carbonyl (C=O) groups is 9. The van der Waals surface area contributed by atoms with E-state index in [1.165, 1.54) is 14.0 Å². The lowest BCUT2D eigenvalue weighted by Crippen LogP contribution is -2.64. The molecule has 388 valence electrons. The van der Waals surface area contributed by atoms with E-state index in [0.29, 0.717) is 30.4 Å². The number of ketones is 1. The van der Waals surface area contributed by atoms with Crippen LogP contribution >= 0.6 is 0 Å². The number of carboxylic acid groups (broad SMARTS) is 1. The zero-order valence-electron chi connectivity index (χ0n) is 41.2. The molecular formula is C50H71N9O12. The zero-order valence-corrected chi connectivity index (χ0v) is 41.2. The average molecular weight is 990 g/mol. The van der Waals surface area contributed by atoms with Crippen molar-refractivity contribution in [1.82, 2.24) is 36.4 Å². The maximum atomic E-state index is 15.0. The number of amidine groups is 1. The molecule has 2 aromatic rings. The van der Waals surface area contributed by atoms with Crippen LogP contribution in [-0.4, -0.2) is 141 Å². The third-order valence-electron chi connectivity index (χ3n) is 12.6. The second-order valence-electron chi connectivity index (χ2n) is 18.6. The van der Waals surface area contributed by atoms with Gasteiger partial charge in [-0.1, -0.05) is 101 Å². The molecule has 1 saturated carbocycles. The van der Waals surface area contributed by atoms with E-state index >= 15 is 4.79 Å². The molecule has 4 rings (SSSR count). The van der Waals surface area contributed by atoms with Crippen molar-refractivity contribution < 1.29 is 58.1 Å². The Morgan fingerprint density at radius 3 is 2.10 bits per heavy atom. The summed E-state index contributed by atoms with van der Waals surface area (Å²) in [4.78, 5) is 129. The van der Waals surface area contributed by atoms with Crippen molar-refractivity contribution in [2.24, 2.45) is 11.7 Å².